The van der Waals surface area contributed by atoms with E-state index in [4.69, 9.17) is 0 Å². The molecule has 1 heterocycles. The summed E-state index contributed by atoms with van der Waals surface area (Å²) in [6.07, 6.45) is 1.20. The molecule has 16 heavy (non-hydrogen) atoms. The van der Waals surface area contributed by atoms with E-state index in [-0.39, 0.29) is 0 Å². The van der Waals surface area contributed by atoms with Crippen LogP contribution >= 0.6 is 0 Å². The van der Waals surface area contributed by atoms with Crippen molar-refractivity contribution in [3.8, 4) is 0 Å². The molecule has 0 N–H and O–H groups in total. The molecule has 1 unspecified atom stereocenters. The topological polar surface area (TPSA) is 3.24 Å². The van der Waals surface area contributed by atoms with E-state index in [2.05, 4.69) is 56.9 Å². The highest BCUT2D eigenvalue weighted by Gasteiger charge is 2.33. The summed E-state index contributed by atoms with van der Waals surface area (Å²) in [5.41, 5.74) is 3.43. The maximum absolute atomic E-state index is 2.61. The molecule has 0 aromatic heterocycles. The smallest absolute Gasteiger partial charge is 0.0239 e. The summed E-state index contributed by atoms with van der Waals surface area (Å²) in [7, 11) is 0. The van der Waals surface area contributed by atoms with Gasteiger partial charge < -0.3 is 0 Å². The fourth-order valence-electron chi connectivity index (χ4n) is 2.76. The minimum Gasteiger partial charge on any atom is -0.296 e. The van der Waals surface area contributed by atoms with E-state index < -0.39 is 0 Å². The molecule has 1 atom stereocenters. The van der Waals surface area contributed by atoms with E-state index in [9.17, 15) is 0 Å². The van der Waals surface area contributed by atoms with Crippen LogP contribution in [0.5, 0.6) is 0 Å². The Morgan fingerprint density at radius 3 is 2.38 bits per heavy atom. The highest BCUT2D eigenvalue weighted by Crippen LogP contribution is 2.33. The van der Waals surface area contributed by atoms with E-state index in [1.54, 1.807) is 5.56 Å². The van der Waals surface area contributed by atoms with Crippen molar-refractivity contribution in [1.82, 2.24) is 4.90 Å². The van der Waals surface area contributed by atoms with Crippen molar-refractivity contribution >= 4 is 0 Å². The van der Waals surface area contributed by atoms with Crippen LogP contribution < -0.4 is 0 Å². The first kappa shape index (κ1) is 11.7. The Balaban J connectivity index is 2.31. The van der Waals surface area contributed by atoms with Crippen molar-refractivity contribution in [1.29, 1.82) is 0 Å². The fourth-order valence-corrected chi connectivity index (χ4v) is 2.76. The van der Waals surface area contributed by atoms with Crippen molar-refractivity contribution < 1.29 is 0 Å². The molecule has 0 spiro atoms. The van der Waals surface area contributed by atoms with Gasteiger partial charge in [0.05, 0.1) is 0 Å². The Hall–Kier alpha value is -0.820. The summed E-state index contributed by atoms with van der Waals surface area (Å²) < 4.78 is 0. The number of benzene rings is 1. The predicted molar refractivity (Wildman–Crippen MR) is 69.5 cm³/mol. The van der Waals surface area contributed by atoms with Crippen LogP contribution in [0, 0.1) is 5.41 Å². The Bertz CT molecular complexity index is 362. The van der Waals surface area contributed by atoms with Crippen LogP contribution in [-0.4, -0.2) is 17.5 Å². The molecular weight excluding hydrogens is 194 g/mol. The molecule has 88 valence electrons. The fraction of sp³-hybridized carbons (Fsp3) is 0.600. The summed E-state index contributed by atoms with van der Waals surface area (Å²) in [6.45, 7) is 11.6. The average molecular weight is 217 g/mol. The first-order valence-electron chi connectivity index (χ1n) is 6.33. The Morgan fingerprint density at radius 2 is 1.81 bits per heavy atom. The summed E-state index contributed by atoms with van der Waals surface area (Å²) in [6, 6.07) is 9.56. The van der Waals surface area contributed by atoms with E-state index in [0.29, 0.717) is 11.5 Å². The van der Waals surface area contributed by atoms with E-state index in [0.717, 1.165) is 13.1 Å². The van der Waals surface area contributed by atoms with Crippen molar-refractivity contribution in [2.75, 3.05) is 6.54 Å². The second kappa shape index (κ2) is 4.21. The van der Waals surface area contributed by atoms with Crippen LogP contribution in [0.2, 0.25) is 0 Å². The molecule has 2 rings (SSSR count). The molecule has 1 nitrogen and oxygen atoms in total. The molecule has 1 aromatic carbocycles. The number of likely N-dealkylation sites (N-methyl/N-ethyl adjacent to an activating group) is 1. The van der Waals surface area contributed by atoms with Crippen LogP contribution in [0.1, 0.15) is 38.8 Å². The normalized spacial score (nSPS) is 21.9. The zero-order valence-electron chi connectivity index (χ0n) is 11.0. The molecule has 0 amide bonds. The van der Waals surface area contributed by atoms with Gasteiger partial charge in [-0.1, -0.05) is 52.0 Å². The first-order valence-corrected chi connectivity index (χ1v) is 6.33. The van der Waals surface area contributed by atoms with Gasteiger partial charge in [-0.3, -0.25) is 4.90 Å². The van der Waals surface area contributed by atoms with Crippen LogP contribution in [0.25, 0.3) is 0 Å². The molecule has 0 fully saturated rings. The largest absolute Gasteiger partial charge is 0.296 e. The third-order valence-electron chi connectivity index (χ3n) is 3.75. The molecule has 1 aliphatic heterocycles. The van der Waals surface area contributed by atoms with Gasteiger partial charge in [0.15, 0.2) is 0 Å². The third-order valence-corrected chi connectivity index (χ3v) is 3.75. The third kappa shape index (κ3) is 2.15. The molecule has 0 radical (unpaired) electrons. The van der Waals surface area contributed by atoms with Gasteiger partial charge in [-0.05, 0) is 29.5 Å². The van der Waals surface area contributed by atoms with E-state index >= 15 is 0 Å². The van der Waals surface area contributed by atoms with Gasteiger partial charge in [-0.15, -0.1) is 0 Å². The van der Waals surface area contributed by atoms with Crippen molar-refractivity contribution in [2.24, 2.45) is 5.41 Å². The van der Waals surface area contributed by atoms with E-state index in [1.165, 1.54) is 12.0 Å². The average Bonchev–Trinajstić information content (AvgIpc) is 2.26. The van der Waals surface area contributed by atoms with Crippen LogP contribution in [0.4, 0.5) is 0 Å². The number of rotatable bonds is 1. The van der Waals surface area contributed by atoms with Crippen LogP contribution in [0.15, 0.2) is 24.3 Å². The van der Waals surface area contributed by atoms with Gasteiger partial charge in [0.1, 0.15) is 0 Å². The minimum absolute atomic E-state index is 0.365. The van der Waals surface area contributed by atoms with Gasteiger partial charge in [0.25, 0.3) is 0 Å². The standard InChI is InChI=1S/C15H23N/c1-5-16-11-13-9-7-6-8-12(13)10-14(16)15(2,3)4/h6-9,14H,5,10-11H2,1-4H3. The maximum Gasteiger partial charge on any atom is 0.0239 e. The molecule has 1 heteroatoms. The highest BCUT2D eigenvalue weighted by atomic mass is 15.2. The molecule has 0 bridgehead atoms. The van der Waals surface area contributed by atoms with Crippen LogP contribution in [0.3, 0.4) is 0 Å². The summed E-state index contributed by atoms with van der Waals surface area (Å²) in [5, 5.41) is 0. The van der Waals surface area contributed by atoms with Gasteiger partial charge in [0.2, 0.25) is 0 Å². The molecule has 1 aromatic rings. The van der Waals surface area contributed by atoms with Gasteiger partial charge >= 0.3 is 0 Å². The zero-order chi connectivity index (χ0) is 11.8. The summed E-state index contributed by atoms with van der Waals surface area (Å²) >= 11 is 0. The molecule has 0 saturated heterocycles. The molecule has 1 aliphatic rings. The number of fused-ring (bicyclic) bond motifs is 1. The molecular formula is C15H23N. The zero-order valence-corrected chi connectivity index (χ0v) is 11.0. The van der Waals surface area contributed by atoms with E-state index in [1.807, 2.05) is 0 Å². The molecule has 0 saturated carbocycles. The van der Waals surface area contributed by atoms with Crippen molar-refractivity contribution in [2.45, 2.75) is 46.7 Å². The monoisotopic (exact) mass is 217 g/mol. The SMILES string of the molecule is CCN1Cc2ccccc2CC1C(C)(C)C. The second-order valence-corrected chi connectivity index (χ2v) is 5.92. The van der Waals surface area contributed by atoms with Gasteiger partial charge in [0, 0.05) is 12.6 Å². The lowest BCUT2D eigenvalue weighted by Gasteiger charge is -2.43. The van der Waals surface area contributed by atoms with Crippen LogP contribution in [-0.2, 0) is 13.0 Å². The first-order chi connectivity index (χ1) is 7.52. The predicted octanol–water partition coefficient (Wildman–Crippen LogP) is 3.48. The minimum atomic E-state index is 0.365. The lowest BCUT2D eigenvalue weighted by atomic mass is 9.79. The Morgan fingerprint density at radius 1 is 1.19 bits per heavy atom. The van der Waals surface area contributed by atoms with Crippen molar-refractivity contribution in [3.05, 3.63) is 35.4 Å². The number of hydrogen-bond donors (Lipinski definition) is 0. The Labute approximate surface area is 99.5 Å². The summed E-state index contributed by atoms with van der Waals surface area (Å²) in [4.78, 5) is 2.61. The van der Waals surface area contributed by atoms with Gasteiger partial charge in [-0.2, -0.15) is 0 Å². The summed E-state index contributed by atoms with van der Waals surface area (Å²) in [5.74, 6) is 0. The maximum atomic E-state index is 2.61. The second-order valence-electron chi connectivity index (χ2n) is 5.92. The molecule has 0 aliphatic carbocycles. The number of nitrogens with zero attached hydrogens (tertiary/aromatic N) is 1. The van der Waals surface area contributed by atoms with Crippen molar-refractivity contribution in [3.63, 3.8) is 0 Å². The highest BCUT2D eigenvalue weighted by molar-refractivity contribution is 5.30. The lowest BCUT2D eigenvalue weighted by molar-refractivity contribution is 0.0863. The van der Waals surface area contributed by atoms with Gasteiger partial charge in [-0.25, -0.2) is 0 Å². The number of hydrogen-bond acceptors (Lipinski definition) is 1. The lowest BCUT2D eigenvalue weighted by Crippen LogP contribution is -2.47. The Kier molecular flexibility index (Phi) is 3.07. The quantitative estimate of drug-likeness (QED) is 0.696.